The van der Waals surface area contributed by atoms with Crippen LogP contribution in [0.5, 0.6) is 0 Å². The lowest BCUT2D eigenvalue weighted by atomic mass is 10.9. The zero-order chi connectivity index (χ0) is 10.5. The van der Waals surface area contributed by atoms with Crippen LogP contribution in [0.4, 0.5) is 9.59 Å². The van der Waals surface area contributed by atoms with Gasteiger partial charge in [-0.05, 0) is 0 Å². The maximum atomic E-state index is 11.6. The Kier molecular flexibility index (Phi) is 1.57. The second-order valence-corrected chi connectivity index (χ2v) is 3.12. The minimum atomic E-state index is -0.773. The van der Waals surface area contributed by atoms with Crippen LogP contribution in [0.2, 0.25) is 0 Å². The molecule has 2 aliphatic rings. The number of rotatable bonds is 0. The number of imide groups is 1. The van der Waals surface area contributed by atoms with Crippen molar-refractivity contribution in [2.45, 2.75) is 6.04 Å². The molecule has 14 heavy (non-hydrogen) atoms. The van der Waals surface area contributed by atoms with Gasteiger partial charge in [0.15, 0.2) is 6.04 Å². The Balaban J connectivity index is 2.39. The standard InChI is InChI=1S/C7H8N4O3/c1-10-3-4(8-6(10)13)9-7(14)11(2)5(3)12/h3H,1-2H3,(H,8,9,13,14)/i3+1,4+1,5+1,7+1,8+1,9+1,11+1. The van der Waals surface area contributed by atoms with Gasteiger partial charge in [-0.3, -0.25) is 15.0 Å². The van der Waals surface area contributed by atoms with E-state index in [-0.39, 0.29) is 5.84 Å². The highest BCUT2D eigenvalue weighted by Crippen LogP contribution is 2.15. The van der Waals surface area contributed by atoms with Crippen LogP contribution in [-0.4, -0.2) is 53.7 Å². The summed E-state index contributed by atoms with van der Waals surface area (Å²) in [5, 5.41) is 2.37. The third-order valence-electron chi connectivity index (χ3n) is 2.27. The van der Waals surface area contributed by atoms with Gasteiger partial charge in [-0.25, -0.2) is 9.59 Å². The fourth-order valence-corrected chi connectivity index (χ4v) is 1.39. The van der Waals surface area contributed by atoms with Gasteiger partial charge in [0.25, 0.3) is 5.91 Å². The molecule has 2 aliphatic heterocycles. The summed E-state index contributed by atoms with van der Waals surface area (Å²) in [4.78, 5) is 39.5. The molecule has 0 bridgehead atoms. The Morgan fingerprint density at radius 1 is 1.29 bits per heavy atom. The number of fused-ring (bicyclic) bond motifs is 1. The summed E-state index contributed by atoms with van der Waals surface area (Å²) < 4.78 is 0. The number of nitrogens with one attached hydrogen (secondary N) is 1. The van der Waals surface area contributed by atoms with Gasteiger partial charge in [0.1, 0.15) is 5.84 Å². The van der Waals surface area contributed by atoms with Gasteiger partial charge >= 0.3 is 12.1 Å². The minimum absolute atomic E-state index is 0.116. The molecule has 1 atom stereocenters. The van der Waals surface area contributed by atoms with Gasteiger partial charge in [-0.1, -0.05) is 0 Å². The van der Waals surface area contributed by atoms with E-state index in [4.69, 9.17) is 0 Å². The fourth-order valence-electron chi connectivity index (χ4n) is 1.39. The van der Waals surface area contributed by atoms with Gasteiger partial charge < -0.3 is 4.90 Å². The summed E-state index contributed by atoms with van der Waals surface area (Å²) >= 11 is 0. The van der Waals surface area contributed by atoms with Crippen molar-refractivity contribution >= 4 is 23.8 Å². The van der Waals surface area contributed by atoms with Crippen LogP contribution in [0.3, 0.4) is 0 Å². The van der Waals surface area contributed by atoms with E-state index >= 15 is 0 Å². The molecule has 0 aromatic rings. The van der Waals surface area contributed by atoms with Crippen molar-refractivity contribution in [3.05, 3.63) is 0 Å². The summed E-state index contributed by atoms with van der Waals surface area (Å²) in [6.07, 6.45) is 0. The molecule has 1 saturated heterocycles. The molecule has 2 heterocycles. The van der Waals surface area contributed by atoms with Crippen molar-refractivity contribution in [2.75, 3.05) is 14.1 Å². The number of urea groups is 2. The highest BCUT2D eigenvalue weighted by atomic mass is 16.5. The molecule has 0 saturated carbocycles. The van der Waals surface area contributed by atoms with Crippen LogP contribution in [0.15, 0.2) is 4.99 Å². The summed E-state index contributed by atoms with van der Waals surface area (Å²) in [5.41, 5.74) is 0. The van der Waals surface area contributed by atoms with Crippen LogP contribution in [0.1, 0.15) is 0 Å². The van der Waals surface area contributed by atoms with E-state index in [0.29, 0.717) is 0 Å². The van der Waals surface area contributed by atoms with E-state index in [2.05, 4.69) is 10.3 Å². The molecule has 74 valence electrons. The molecule has 1 unspecified atom stereocenters. The first-order valence-electron chi connectivity index (χ1n) is 3.96. The minimum Gasteiger partial charge on any atom is -0.307 e. The van der Waals surface area contributed by atoms with Crippen molar-refractivity contribution in [1.29, 1.82) is 0 Å². The van der Waals surface area contributed by atoms with Crippen LogP contribution in [0.25, 0.3) is 0 Å². The third-order valence-corrected chi connectivity index (χ3v) is 2.27. The van der Waals surface area contributed by atoms with Gasteiger partial charge in [0.2, 0.25) is 0 Å². The zero-order valence-corrected chi connectivity index (χ0v) is 7.64. The lowest BCUT2D eigenvalue weighted by Crippen LogP contribution is -2.61. The first-order valence-corrected chi connectivity index (χ1v) is 3.96. The maximum Gasteiger partial charge on any atom is 0.346 e. The van der Waals surface area contributed by atoms with Gasteiger partial charge in [-0.2, -0.15) is 4.99 Å². The SMILES string of the molecule is CN1C(=O)[15N]=[13C]2[15NH][13C](=O)[15N](C)[13C](=O)[13CH]21. The van der Waals surface area contributed by atoms with Crippen molar-refractivity contribution in [2.24, 2.45) is 4.99 Å². The van der Waals surface area contributed by atoms with Crippen molar-refractivity contribution < 1.29 is 14.4 Å². The second-order valence-electron chi connectivity index (χ2n) is 3.12. The van der Waals surface area contributed by atoms with Crippen molar-refractivity contribution in [1.82, 2.24) is 15.1 Å². The van der Waals surface area contributed by atoms with Crippen molar-refractivity contribution in [3.63, 3.8) is 0 Å². The molecule has 7 nitrogen and oxygen atoms in total. The number of hydrogen-bond acceptors (Lipinski definition) is 3. The monoisotopic (exact) mass is 203 g/mol. The number of carbonyl (C=O) groups is 3. The average Bonchev–Trinajstić information content (AvgIpc) is 2.39. The molecule has 0 aromatic carbocycles. The quantitative estimate of drug-likeness (QED) is 0.405. The Morgan fingerprint density at radius 2 is 1.93 bits per heavy atom. The largest absolute Gasteiger partial charge is 0.346 e. The molecule has 0 aromatic heterocycles. The molecule has 0 spiro atoms. The Bertz CT molecular complexity index is 375. The van der Waals surface area contributed by atoms with E-state index in [9.17, 15) is 14.4 Å². The van der Waals surface area contributed by atoms with Crippen molar-refractivity contribution in [3.8, 4) is 0 Å². The van der Waals surface area contributed by atoms with E-state index < -0.39 is 24.0 Å². The fraction of sp³-hybridized carbons (Fsp3) is 0.429. The summed E-state index contributed by atoms with van der Waals surface area (Å²) in [6.45, 7) is 0. The molecule has 1 N–H and O–H groups in total. The van der Waals surface area contributed by atoms with Crippen LogP contribution in [0, 0.1) is 0 Å². The third kappa shape index (κ3) is 0.918. The van der Waals surface area contributed by atoms with E-state index in [1.165, 1.54) is 19.0 Å². The average molecular weight is 203 g/mol. The first-order chi connectivity index (χ1) is 6.52. The summed E-state index contributed by atoms with van der Waals surface area (Å²) in [5.74, 6) is -0.327. The number of nitrogens with zero attached hydrogens (tertiary/aromatic N) is 3. The van der Waals surface area contributed by atoms with Gasteiger partial charge in [0, 0.05) is 14.1 Å². The normalized spacial score (nSPS) is 26.3. The van der Waals surface area contributed by atoms with Gasteiger partial charge in [0.05, 0.1) is 0 Å². The topological polar surface area (TPSA) is 82.1 Å². The number of amides is 5. The lowest BCUT2D eigenvalue weighted by molar-refractivity contribution is -0.129. The van der Waals surface area contributed by atoms with Gasteiger partial charge in [-0.15, -0.1) is 0 Å². The van der Waals surface area contributed by atoms with Crippen LogP contribution >= 0.6 is 0 Å². The van der Waals surface area contributed by atoms with Crippen LogP contribution < -0.4 is 5.32 Å². The number of amidine groups is 1. The molecule has 1 fully saturated rings. The smallest absolute Gasteiger partial charge is 0.307 e. The molecule has 0 aliphatic carbocycles. The first kappa shape index (κ1) is 8.67. The highest BCUT2D eigenvalue weighted by molar-refractivity contribution is 6.25. The van der Waals surface area contributed by atoms with E-state index in [0.717, 1.165) is 4.90 Å². The zero-order valence-electron chi connectivity index (χ0n) is 7.64. The van der Waals surface area contributed by atoms with Crippen LogP contribution in [-0.2, 0) is 4.79 Å². The molecule has 2 rings (SSSR count). The number of aliphatic imine (C=N–C) groups is 1. The molecule has 0 radical (unpaired) electrons. The molecule has 7 heteroatoms. The Labute approximate surface area is 79.4 Å². The maximum absolute atomic E-state index is 11.6. The summed E-state index contributed by atoms with van der Waals surface area (Å²) in [7, 11) is 2.82. The Hall–Kier alpha value is -1.92. The van der Waals surface area contributed by atoms with E-state index in [1.807, 2.05) is 0 Å². The highest BCUT2D eigenvalue weighted by Gasteiger charge is 2.45. The predicted octanol–water partition coefficient (Wildman–Crippen LogP) is -1.000. The molecule has 5 amide bonds. The number of carbonyl (C=O) groups excluding carboxylic acids is 3. The number of likely N-dealkylation sites (N-methyl/N-ethyl adjacent to an activating group) is 2. The lowest BCUT2D eigenvalue weighted by Gasteiger charge is -2.29. The summed E-state index contributed by atoms with van der Waals surface area (Å²) in [6, 6.07) is -1.85. The molecular formula is C7H8N4O3. The Morgan fingerprint density at radius 3 is 2.57 bits per heavy atom. The number of hydrogen-bond donors (Lipinski definition) is 1. The molecular weight excluding hydrogens is 195 g/mol. The second kappa shape index (κ2) is 2.53. The predicted molar refractivity (Wildman–Crippen MR) is 45.7 cm³/mol. The van der Waals surface area contributed by atoms with E-state index in [1.54, 1.807) is 0 Å².